The quantitative estimate of drug-likeness (QED) is 0.0691. The molecular formula is C48H61ClI2N10O2S. The predicted molar refractivity (Wildman–Crippen MR) is 296 cm³/mol. The highest BCUT2D eigenvalue weighted by molar-refractivity contribution is 14.1. The molecular weight excluding hydrogens is 1070 g/mol. The van der Waals surface area contributed by atoms with Crippen LogP contribution in [0.2, 0.25) is 5.15 Å². The van der Waals surface area contributed by atoms with Crippen LogP contribution in [0, 0.1) is 7.14 Å². The summed E-state index contributed by atoms with van der Waals surface area (Å²) in [5.74, 6) is 2.66. The molecule has 0 atom stereocenters. The number of nitrogens with one attached hydrogen (secondary N) is 4. The molecule has 0 saturated carbocycles. The Kier molecular flexibility index (Phi) is 23.8. The van der Waals surface area contributed by atoms with Crippen molar-refractivity contribution in [1.29, 1.82) is 0 Å². The van der Waals surface area contributed by atoms with Gasteiger partial charge in [-0.05, 0) is 170 Å². The molecule has 0 aliphatic rings. The number of hydrogen-bond donors (Lipinski definition) is 5. The van der Waals surface area contributed by atoms with Crippen LogP contribution in [0.1, 0.15) is 35.6 Å². The van der Waals surface area contributed by atoms with Crippen LogP contribution in [0.4, 0.5) is 28.8 Å². The van der Waals surface area contributed by atoms with Crippen LogP contribution in [0.3, 0.4) is 0 Å². The Balaban J connectivity index is 0.000000290. The second-order valence-corrected chi connectivity index (χ2v) is 17.8. The van der Waals surface area contributed by atoms with Crippen LogP contribution in [0.15, 0.2) is 121 Å². The van der Waals surface area contributed by atoms with Gasteiger partial charge in [0.05, 0.1) is 34.0 Å². The Morgan fingerprint density at radius 3 is 1.39 bits per heavy atom. The van der Waals surface area contributed by atoms with E-state index in [-0.39, 0.29) is 14.9 Å². The van der Waals surface area contributed by atoms with Gasteiger partial charge in [0.15, 0.2) is 0 Å². The first-order valence-electron chi connectivity index (χ1n) is 19.8. The fourth-order valence-corrected chi connectivity index (χ4v) is 8.01. The van der Waals surface area contributed by atoms with E-state index in [9.17, 15) is 8.42 Å². The summed E-state index contributed by atoms with van der Waals surface area (Å²) in [7, 11) is 1.69. The number of nitrogens with zero attached hydrogens (tertiary/aromatic N) is 5. The molecule has 0 fully saturated rings. The minimum atomic E-state index is -3.28. The maximum Gasteiger partial charge on any atom is 0.232 e. The first kappa shape index (κ1) is 55.3. The van der Waals surface area contributed by atoms with E-state index in [0.29, 0.717) is 10.8 Å². The predicted octanol–water partition coefficient (Wildman–Crippen LogP) is 12.4. The van der Waals surface area contributed by atoms with Crippen LogP contribution in [-0.2, 0) is 10.0 Å². The Morgan fingerprint density at radius 2 is 0.938 bits per heavy atom. The average Bonchev–Trinajstić information content (AvgIpc) is 3.27. The molecule has 64 heavy (non-hydrogen) atoms. The van der Waals surface area contributed by atoms with Crippen LogP contribution in [-0.4, -0.2) is 75.4 Å². The number of hydrogen-bond acceptors (Lipinski definition) is 11. The molecule has 12 nitrogen and oxygen atoms in total. The Hall–Kier alpha value is -4.82. The monoisotopic (exact) mass is 1130 g/mol. The van der Waals surface area contributed by atoms with E-state index in [2.05, 4.69) is 136 Å². The van der Waals surface area contributed by atoms with Gasteiger partial charge in [0.25, 0.3) is 0 Å². The Labute approximate surface area is 412 Å². The van der Waals surface area contributed by atoms with E-state index < -0.39 is 10.0 Å². The number of sulfonamides is 1. The van der Waals surface area contributed by atoms with Gasteiger partial charge < -0.3 is 27.0 Å². The van der Waals surface area contributed by atoms with Gasteiger partial charge in [0, 0.05) is 68.1 Å². The lowest BCUT2D eigenvalue weighted by Crippen LogP contribution is -2.25. The van der Waals surface area contributed by atoms with Gasteiger partial charge in [0.1, 0.15) is 22.6 Å². The molecule has 0 unspecified atom stereocenters. The molecule has 0 amide bonds. The van der Waals surface area contributed by atoms with Crippen molar-refractivity contribution in [1.82, 2.24) is 19.9 Å². The normalized spacial score (nSPS) is 10.2. The third-order valence-electron chi connectivity index (χ3n) is 8.94. The number of aromatic nitrogens is 4. The van der Waals surface area contributed by atoms with E-state index in [1.54, 1.807) is 13.1 Å². The lowest BCUT2D eigenvalue weighted by Gasteiger charge is -2.18. The van der Waals surface area contributed by atoms with Crippen LogP contribution >= 0.6 is 56.8 Å². The number of halogens is 3. The van der Waals surface area contributed by atoms with E-state index in [1.807, 2.05) is 98.9 Å². The van der Waals surface area contributed by atoms with Gasteiger partial charge in [-0.15, -0.1) is 0 Å². The summed E-state index contributed by atoms with van der Waals surface area (Å²) in [6, 6.07) is 39.5. The summed E-state index contributed by atoms with van der Waals surface area (Å²) in [5.41, 5.74) is 10.0. The second-order valence-electron chi connectivity index (χ2n) is 13.1. The van der Waals surface area contributed by atoms with Crippen LogP contribution in [0.5, 0.6) is 0 Å². The number of nitrogens with two attached hydrogens (primary N) is 1. The Morgan fingerprint density at radius 1 is 0.562 bits per heavy atom. The maximum atomic E-state index is 11.6. The summed E-state index contributed by atoms with van der Waals surface area (Å²) < 4.78 is 27.0. The summed E-state index contributed by atoms with van der Waals surface area (Å²) in [6.07, 6.45) is 1.19. The number of fused-ring (bicyclic) bond motifs is 4. The molecule has 0 bridgehead atoms. The maximum absolute atomic E-state index is 11.6. The molecule has 0 saturated heterocycles. The summed E-state index contributed by atoms with van der Waals surface area (Å²) >= 11 is 10.4. The van der Waals surface area contributed by atoms with Crippen LogP contribution < -0.4 is 31.3 Å². The average molecular weight is 1130 g/mol. The molecule has 8 rings (SSSR count). The fourth-order valence-electron chi connectivity index (χ4n) is 6.01. The largest absolute Gasteiger partial charge is 0.388 e. The van der Waals surface area contributed by atoms with Gasteiger partial charge in [-0.3, -0.25) is 4.31 Å². The van der Waals surface area contributed by atoms with Crippen molar-refractivity contribution in [3.63, 3.8) is 0 Å². The second kappa shape index (κ2) is 27.5. The zero-order valence-corrected chi connectivity index (χ0v) is 41.7. The minimum absolute atomic E-state index is 0. The Bertz CT molecular complexity index is 2820. The molecule has 8 aromatic rings. The standard InChI is InChI=1S/C13H17N3O2S.C12H15N3.C11H11IN2.C9H5ClIN.CH5N.2CH4/c1-4-14-13-9-8-10-11(15-13)6-5-7-12(10)16(2)19(3,17)18;1-3-14-12-8-7-9-10(13-2)5-4-6-11(9)15-12;1-2-13-11-7-6-8-9(12)4-3-5-10(8)14-11;10-9-5-4-6-7(11)2-1-3-8(6)12-9;1-2;;/h5-9H,4H2,1-3H3,(H,14,15);4-8,13H,3H2,1-2H3,(H,14,15);3-7H,2H2,1H3,(H,13,14);1-5H;2H2,1H3;2*1H4. The van der Waals surface area contributed by atoms with Gasteiger partial charge in [-0.25, -0.2) is 28.4 Å². The first-order valence-corrected chi connectivity index (χ1v) is 24.2. The van der Waals surface area contributed by atoms with E-state index in [1.165, 1.54) is 30.1 Å². The van der Waals surface area contributed by atoms with Gasteiger partial charge >= 0.3 is 0 Å². The molecule has 16 heteroatoms. The first-order chi connectivity index (χ1) is 29.9. The molecule has 4 aromatic carbocycles. The molecule has 0 spiro atoms. The van der Waals surface area contributed by atoms with Gasteiger partial charge in [-0.1, -0.05) is 50.7 Å². The lowest BCUT2D eigenvalue weighted by atomic mass is 10.2. The molecule has 0 aliphatic heterocycles. The highest BCUT2D eigenvalue weighted by atomic mass is 127. The van der Waals surface area contributed by atoms with Gasteiger partial charge in [0.2, 0.25) is 10.0 Å². The molecule has 0 radical (unpaired) electrons. The van der Waals surface area contributed by atoms with Crippen molar-refractivity contribution in [2.45, 2.75) is 35.6 Å². The fraction of sp³-hybridized carbons (Fsp3) is 0.250. The van der Waals surface area contributed by atoms with Crippen LogP contribution in [0.25, 0.3) is 43.6 Å². The van der Waals surface area contributed by atoms with Crippen molar-refractivity contribution < 1.29 is 8.42 Å². The number of benzene rings is 4. The van der Waals surface area contributed by atoms with Crippen molar-refractivity contribution in [3.05, 3.63) is 134 Å². The smallest absolute Gasteiger partial charge is 0.232 e. The van der Waals surface area contributed by atoms with Gasteiger partial charge in [-0.2, -0.15) is 0 Å². The topological polar surface area (TPSA) is 163 Å². The van der Waals surface area contributed by atoms with Crippen molar-refractivity contribution in [2.75, 3.05) is 72.6 Å². The van der Waals surface area contributed by atoms with E-state index >= 15 is 0 Å². The molecule has 6 N–H and O–H groups in total. The molecule has 0 aliphatic carbocycles. The van der Waals surface area contributed by atoms with Crippen molar-refractivity contribution >= 4 is 139 Å². The summed E-state index contributed by atoms with van der Waals surface area (Å²) in [5, 5.41) is 17.6. The van der Waals surface area contributed by atoms with Crippen molar-refractivity contribution in [2.24, 2.45) is 5.73 Å². The van der Waals surface area contributed by atoms with Crippen molar-refractivity contribution in [3.8, 4) is 0 Å². The SMILES string of the molecule is C.C.CCNc1ccc2c(I)cccc2n1.CCNc1ccc2c(N(C)S(C)(=O)=O)cccc2n1.CCNc1ccc2c(NC)cccc2n1.CN.Clc1ccc2c(I)cccc2n1. The number of rotatable bonds is 9. The lowest BCUT2D eigenvalue weighted by molar-refractivity contribution is 0.600. The molecule has 342 valence electrons. The number of pyridine rings is 4. The minimum Gasteiger partial charge on any atom is -0.388 e. The molecule has 4 aromatic heterocycles. The summed E-state index contributed by atoms with van der Waals surface area (Å²) in [4.78, 5) is 17.7. The van der Waals surface area contributed by atoms with E-state index in [0.717, 1.165) is 81.0 Å². The molecule has 4 heterocycles. The zero-order chi connectivity index (χ0) is 45.2. The number of anilines is 5. The zero-order valence-electron chi connectivity index (χ0n) is 35.8. The third kappa shape index (κ3) is 15.4. The summed E-state index contributed by atoms with van der Waals surface area (Å²) in [6.45, 7) is 8.73. The van der Waals surface area contributed by atoms with E-state index in [4.69, 9.17) is 11.6 Å². The third-order valence-corrected chi connectivity index (χ3v) is 12.2. The highest BCUT2D eigenvalue weighted by Gasteiger charge is 2.15. The highest BCUT2D eigenvalue weighted by Crippen LogP contribution is 2.28.